The maximum Gasteiger partial charge on any atom is 0.182 e. The zero-order valence-corrected chi connectivity index (χ0v) is 12.7. The molecule has 0 saturated carbocycles. The Labute approximate surface area is 122 Å². The van der Waals surface area contributed by atoms with E-state index in [1.165, 1.54) is 29.0 Å². The van der Waals surface area contributed by atoms with Crippen LogP contribution in [0, 0.1) is 0 Å². The van der Waals surface area contributed by atoms with Crippen LogP contribution in [-0.2, 0) is 18.6 Å². The minimum Gasteiger partial charge on any atom is -0.362 e. The van der Waals surface area contributed by atoms with Gasteiger partial charge in [0.25, 0.3) is 0 Å². The Balaban J connectivity index is 1.62. The fourth-order valence-corrected chi connectivity index (χ4v) is 4.26. The second-order valence-electron chi connectivity index (χ2n) is 4.73. The molecule has 1 heterocycles. The van der Waals surface area contributed by atoms with Crippen LogP contribution < -0.4 is 5.32 Å². The number of rotatable bonds is 5. The number of aryl methyl sites for hydroxylation is 2. The van der Waals surface area contributed by atoms with Gasteiger partial charge in [0, 0.05) is 28.3 Å². The standard InChI is InChI=1S/C15H18N2S2/c1-2-16-15-17-9-14(19-15)10-18-13-7-6-11-4-3-5-12(11)8-13/h6-9H,2-5,10H2,1H3,(H,16,17). The van der Waals surface area contributed by atoms with Crippen molar-refractivity contribution in [2.24, 2.45) is 0 Å². The van der Waals surface area contributed by atoms with Crippen molar-refractivity contribution in [3.8, 4) is 0 Å². The number of aromatic nitrogens is 1. The molecule has 0 fully saturated rings. The van der Waals surface area contributed by atoms with Gasteiger partial charge in [0.1, 0.15) is 0 Å². The summed E-state index contributed by atoms with van der Waals surface area (Å²) in [6, 6.07) is 6.95. The molecule has 2 aromatic rings. The molecule has 2 nitrogen and oxygen atoms in total. The fraction of sp³-hybridized carbons (Fsp3) is 0.400. The molecular weight excluding hydrogens is 272 g/mol. The normalized spacial score (nSPS) is 13.5. The molecule has 100 valence electrons. The average molecular weight is 290 g/mol. The van der Waals surface area contributed by atoms with Gasteiger partial charge < -0.3 is 5.32 Å². The van der Waals surface area contributed by atoms with Gasteiger partial charge in [-0.2, -0.15) is 0 Å². The van der Waals surface area contributed by atoms with Crippen molar-refractivity contribution >= 4 is 28.2 Å². The Morgan fingerprint density at radius 3 is 3.11 bits per heavy atom. The van der Waals surface area contributed by atoms with Crippen molar-refractivity contribution in [1.82, 2.24) is 4.98 Å². The zero-order chi connectivity index (χ0) is 13.1. The molecule has 3 rings (SSSR count). The number of thiazole rings is 1. The highest BCUT2D eigenvalue weighted by molar-refractivity contribution is 7.98. The summed E-state index contributed by atoms with van der Waals surface area (Å²) in [7, 11) is 0. The summed E-state index contributed by atoms with van der Waals surface area (Å²) in [5, 5.41) is 4.29. The van der Waals surface area contributed by atoms with E-state index in [2.05, 4.69) is 35.4 Å². The summed E-state index contributed by atoms with van der Waals surface area (Å²) in [5.41, 5.74) is 3.11. The summed E-state index contributed by atoms with van der Waals surface area (Å²) < 4.78 is 0. The van der Waals surface area contributed by atoms with E-state index < -0.39 is 0 Å². The molecule has 1 aromatic carbocycles. The van der Waals surface area contributed by atoms with Crippen LogP contribution in [0.15, 0.2) is 29.3 Å². The number of nitrogens with one attached hydrogen (secondary N) is 1. The lowest BCUT2D eigenvalue weighted by atomic mass is 10.1. The van der Waals surface area contributed by atoms with Gasteiger partial charge >= 0.3 is 0 Å². The van der Waals surface area contributed by atoms with Gasteiger partial charge in [-0.15, -0.1) is 23.1 Å². The summed E-state index contributed by atoms with van der Waals surface area (Å²) >= 11 is 3.67. The molecule has 1 aromatic heterocycles. The lowest BCUT2D eigenvalue weighted by Gasteiger charge is -2.03. The van der Waals surface area contributed by atoms with Gasteiger partial charge in [0.15, 0.2) is 5.13 Å². The molecule has 0 amide bonds. The second kappa shape index (κ2) is 5.97. The third-order valence-electron chi connectivity index (χ3n) is 3.33. The van der Waals surface area contributed by atoms with E-state index in [1.54, 1.807) is 22.5 Å². The van der Waals surface area contributed by atoms with Crippen LogP contribution in [0.4, 0.5) is 5.13 Å². The van der Waals surface area contributed by atoms with Crippen molar-refractivity contribution in [2.45, 2.75) is 36.8 Å². The summed E-state index contributed by atoms with van der Waals surface area (Å²) in [5.74, 6) is 1.02. The van der Waals surface area contributed by atoms with E-state index in [0.717, 1.165) is 17.4 Å². The smallest absolute Gasteiger partial charge is 0.182 e. The predicted molar refractivity (Wildman–Crippen MR) is 84.3 cm³/mol. The van der Waals surface area contributed by atoms with Crippen LogP contribution >= 0.6 is 23.1 Å². The average Bonchev–Trinajstić information content (AvgIpc) is 3.04. The van der Waals surface area contributed by atoms with E-state index in [0.29, 0.717) is 0 Å². The minimum atomic E-state index is 0.935. The van der Waals surface area contributed by atoms with Crippen LogP contribution in [0.5, 0.6) is 0 Å². The molecule has 0 bridgehead atoms. The molecule has 1 N–H and O–H groups in total. The lowest BCUT2D eigenvalue weighted by Crippen LogP contribution is -1.94. The Morgan fingerprint density at radius 1 is 1.32 bits per heavy atom. The van der Waals surface area contributed by atoms with Gasteiger partial charge in [-0.3, -0.25) is 0 Å². The Morgan fingerprint density at radius 2 is 2.21 bits per heavy atom. The summed E-state index contributed by atoms with van der Waals surface area (Å²) in [4.78, 5) is 7.09. The third-order valence-corrected chi connectivity index (χ3v) is 5.51. The number of benzene rings is 1. The van der Waals surface area contributed by atoms with Gasteiger partial charge in [-0.1, -0.05) is 6.07 Å². The van der Waals surface area contributed by atoms with Gasteiger partial charge in [-0.25, -0.2) is 4.98 Å². The van der Waals surface area contributed by atoms with Crippen molar-refractivity contribution in [2.75, 3.05) is 11.9 Å². The van der Waals surface area contributed by atoms with Gasteiger partial charge in [-0.05, 0) is 49.4 Å². The molecule has 1 aliphatic rings. The van der Waals surface area contributed by atoms with Crippen LogP contribution in [0.3, 0.4) is 0 Å². The monoisotopic (exact) mass is 290 g/mol. The quantitative estimate of drug-likeness (QED) is 0.828. The van der Waals surface area contributed by atoms with Crippen LogP contribution in [0.25, 0.3) is 0 Å². The van der Waals surface area contributed by atoms with E-state index >= 15 is 0 Å². The summed E-state index contributed by atoms with van der Waals surface area (Å²) in [6.45, 7) is 3.03. The largest absolute Gasteiger partial charge is 0.362 e. The van der Waals surface area contributed by atoms with E-state index in [9.17, 15) is 0 Å². The highest BCUT2D eigenvalue weighted by atomic mass is 32.2. The van der Waals surface area contributed by atoms with Crippen molar-refractivity contribution in [1.29, 1.82) is 0 Å². The van der Waals surface area contributed by atoms with Crippen molar-refractivity contribution in [3.05, 3.63) is 40.4 Å². The Kier molecular flexibility index (Phi) is 4.09. The number of hydrogen-bond donors (Lipinski definition) is 1. The molecule has 4 heteroatoms. The number of thioether (sulfide) groups is 1. The van der Waals surface area contributed by atoms with E-state index in [1.807, 2.05) is 18.0 Å². The Hall–Kier alpha value is -1.00. The van der Waals surface area contributed by atoms with E-state index in [4.69, 9.17) is 0 Å². The van der Waals surface area contributed by atoms with Crippen molar-refractivity contribution in [3.63, 3.8) is 0 Å². The van der Waals surface area contributed by atoms with Gasteiger partial charge in [0.05, 0.1) is 0 Å². The highest BCUT2D eigenvalue weighted by Gasteiger charge is 2.11. The predicted octanol–water partition coefficient (Wildman–Crippen LogP) is 4.36. The fourth-order valence-electron chi connectivity index (χ4n) is 2.40. The number of fused-ring (bicyclic) bond motifs is 1. The molecule has 1 aliphatic carbocycles. The zero-order valence-electron chi connectivity index (χ0n) is 11.1. The number of anilines is 1. The highest BCUT2D eigenvalue weighted by Crippen LogP contribution is 2.31. The van der Waals surface area contributed by atoms with E-state index in [-0.39, 0.29) is 0 Å². The van der Waals surface area contributed by atoms with Gasteiger partial charge in [0.2, 0.25) is 0 Å². The van der Waals surface area contributed by atoms with Crippen molar-refractivity contribution < 1.29 is 0 Å². The lowest BCUT2D eigenvalue weighted by molar-refractivity contribution is 0.911. The number of hydrogen-bond acceptors (Lipinski definition) is 4. The minimum absolute atomic E-state index is 0.935. The molecule has 0 atom stereocenters. The molecule has 0 aliphatic heterocycles. The molecule has 19 heavy (non-hydrogen) atoms. The Bertz CT molecular complexity index is 563. The van der Waals surface area contributed by atoms with Crippen LogP contribution in [-0.4, -0.2) is 11.5 Å². The maximum atomic E-state index is 4.37. The molecule has 0 radical (unpaired) electrons. The molecular formula is C15H18N2S2. The van der Waals surface area contributed by atoms with Crippen LogP contribution in [0.2, 0.25) is 0 Å². The topological polar surface area (TPSA) is 24.9 Å². The summed E-state index contributed by atoms with van der Waals surface area (Å²) in [6.07, 6.45) is 5.84. The molecule has 0 unspecified atom stereocenters. The number of nitrogens with zero attached hydrogens (tertiary/aromatic N) is 1. The molecule has 0 saturated heterocycles. The second-order valence-corrected chi connectivity index (χ2v) is 6.90. The van der Waals surface area contributed by atoms with Crippen LogP contribution in [0.1, 0.15) is 29.3 Å². The maximum absolute atomic E-state index is 4.37. The molecule has 0 spiro atoms. The SMILES string of the molecule is CCNc1ncc(CSc2ccc3c(c2)CCC3)s1. The third kappa shape index (κ3) is 3.12. The first-order chi connectivity index (χ1) is 9.35. The first-order valence-electron chi connectivity index (χ1n) is 6.78. The first-order valence-corrected chi connectivity index (χ1v) is 8.58. The first kappa shape index (κ1) is 13.0.